The number of piperidine rings is 1. The molecule has 30 heavy (non-hydrogen) atoms. The fourth-order valence-corrected chi connectivity index (χ4v) is 4.80. The Morgan fingerprint density at radius 3 is 2.53 bits per heavy atom. The maximum absolute atomic E-state index is 12.1. The van der Waals surface area contributed by atoms with Crippen molar-refractivity contribution in [3.8, 4) is 0 Å². The molecular formula is C21H36IN5O2S. The Morgan fingerprint density at radius 2 is 1.90 bits per heavy atom. The lowest BCUT2D eigenvalue weighted by molar-refractivity contribution is 0.316. The zero-order valence-corrected chi connectivity index (χ0v) is 21.2. The summed E-state index contributed by atoms with van der Waals surface area (Å²) in [6.45, 7) is 4.98. The van der Waals surface area contributed by atoms with Gasteiger partial charge in [-0.1, -0.05) is 24.1 Å². The molecule has 0 aromatic heterocycles. The SMILES string of the molecule is CN=C(NCCS(=O)(=O)NCC1CCC1)NC1CCCN(c2ccc(C)cc2)C1.I. The van der Waals surface area contributed by atoms with Crippen LogP contribution in [0.15, 0.2) is 29.3 Å². The van der Waals surface area contributed by atoms with Crippen molar-refractivity contribution in [3.05, 3.63) is 29.8 Å². The third-order valence-electron chi connectivity index (χ3n) is 5.86. The number of nitrogens with one attached hydrogen (secondary N) is 3. The highest BCUT2D eigenvalue weighted by Crippen LogP contribution is 2.25. The second-order valence-corrected chi connectivity index (χ2v) is 10.2. The summed E-state index contributed by atoms with van der Waals surface area (Å²) in [5.41, 5.74) is 2.51. The van der Waals surface area contributed by atoms with Gasteiger partial charge in [-0.2, -0.15) is 0 Å². The number of guanidine groups is 1. The largest absolute Gasteiger partial charge is 0.369 e. The minimum Gasteiger partial charge on any atom is -0.369 e. The predicted molar refractivity (Wildman–Crippen MR) is 135 cm³/mol. The molecule has 2 aliphatic rings. The first-order valence-corrected chi connectivity index (χ1v) is 12.4. The summed E-state index contributed by atoms with van der Waals surface area (Å²) < 4.78 is 27.0. The van der Waals surface area contributed by atoms with E-state index in [9.17, 15) is 8.42 Å². The molecule has 0 bridgehead atoms. The fourth-order valence-electron chi connectivity index (χ4n) is 3.79. The Morgan fingerprint density at radius 1 is 1.17 bits per heavy atom. The Bertz CT molecular complexity index is 781. The molecule has 1 heterocycles. The van der Waals surface area contributed by atoms with Crippen LogP contribution in [0.5, 0.6) is 0 Å². The van der Waals surface area contributed by atoms with Crippen LogP contribution in [0.25, 0.3) is 0 Å². The molecule has 1 saturated carbocycles. The molecule has 0 amide bonds. The minimum absolute atomic E-state index is 0. The van der Waals surface area contributed by atoms with E-state index in [4.69, 9.17) is 0 Å². The summed E-state index contributed by atoms with van der Waals surface area (Å²) in [4.78, 5) is 6.66. The predicted octanol–water partition coefficient (Wildman–Crippen LogP) is 2.47. The van der Waals surface area contributed by atoms with E-state index < -0.39 is 10.0 Å². The van der Waals surface area contributed by atoms with Crippen LogP contribution in [0.4, 0.5) is 5.69 Å². The summed E-state index contributed by atoms with van der Waals surface area (Å²) in [6.07, 6.45) is 5.68. The number of aryl methyl sites for hydroxylation is 1. The van der Waals surface area contributed by atoms with Gasteiger partial charge in [-0.3, -0.25) is 4.99 Å². The fraction of sp³-hybridized carbons (Fsp3) is 0.667. The van der Waals surface area contributed by atoms with Crippen molar-refractivity contribution in [1.82, 2.24) is 15.4 Å². The number of aliphatic imine (C=N–C) groups is 1. The molecule has 9 heteroatoms. The number of rotatable bonds is 8. The Labute approximate surface area is 198 Å². The third-order valence-corrected chi connectivity index (χ3v) is 7.21. The van der Waals surface area contributed by atoms with E-state index in [1.54, 1.807) is 7.05 Å². The molecule has 1 aliphatic carbocycles. The van der Waals surface area contributed by atoms with Crippen molar-refractivity contribution in [1.29, 1.82) is 0 Å². The number of sulfonamides is 1. The van der Waals surface area contributed by atoms with Crippen molar-refractivity contribution in [2.75, 3.05) is 43.9 Å². The zero-order chi connectivity index (χ0) is 20.7. The minimum atomic E-state index is -3.24. The molecule has 0 spiro atoms. The van der Waals surface area contributed by atoms with Crippen LogP contribution >= 0.6 is 24.0 Å². The van der Waals surface area contributed by atoms with Gasteiger partial charge in [-0.05, 0) is 50.7 Å². The van der Waals surface area contributed by atoms with Gasteiger partial charge in [0, 0.05) is 45.0 Å². The van der Waals surface area contributed by atoms with Gasteiger partial charge in [-0.15, -0.1) is 24.0 Å². The van der Waals surface area contributed by atoms with E-state index >= 15 is 0 Å². The first-order chi connectivity index (χ1) is 13.9. The van der Waals surface area contributed by atoms with Gasteiger partial charge in [0.1, 0.15) is 0 Å². The topological polar surface area (TPSA) is 85.8 Å². The monoisotopic (exact) mass is 549 g/mol. The van der Waals surface area contributed by atoms with Crippen molar-refractivity contribution < 1.29 is 8.42 Å². The summed E-state index contributed by atoms with van der Waals surface area (Å²) in [5, 5.41) is 6.61. The molecule has 1 unspecified atom stereocenters. The van der Waals surface area contributed by atoms with Crippen LogP contribution < -0.4 is 20.3 Å². The maximum atomic E-state index is 12.1. The molecule has 3 rings (SSSR count). The van der Waals surface area contributed by atoms with Gasteiger partial charge >= 0.3 is 0 Å². The van der Waals surface area contributed by atoms with E-state index in [0.717, 1.165) is 38.8 Å². The summed E-state index contributed by atoms with van der Waals surface area (Å²) in [7, 11) is -1.52. The number of hydrogen-bond acceptors (Lipinski definition) is 4. The summed E-state index contributed by atoms with van der Waals surface area (Å²) in [6, 6.07) is 8.92. The van der Waals surface area contributed by atoms with E-state index in [1.807, 2.05) is 0 Å². The van der Waals surface area contributed by atoms with Gasteiger partial charge in [0.2, 0.25) is 10.0 Å². The molecule has 1 atom stereocenters. The molecule has 170 valence electrons. The summed E-state index contributed by atoms with van der Waals surface area (Å²) >= 11 is 0. The summed E-state index contributed by atoms with van der Waals surface area (Å²) in [5.74, 6) is 1.24. The van der Waals surface area contributed by atoms with E-state index in [2.05, 4.69) is 56.4 Å². The lowest BCUT2D eigenvalue weighted by Crippen LogP contribution is -2.52. The third kappa shape index (κ3) is 7.88. The van der Waals surface area contributed by atoms with Crippen LogP contribution in [-0.4, -0.2) is 59.4 Å². The standard InChI is InChI=1S/C21H35N5O2S.HI/c1-17-8-10-20(11-9-17)26-13-4-7-19(16-26)25-21(22-2)23-12-14-29(27,28)24-15-18-5-3-6-18;/h8-11,18-19,24H,3-7,12-16H2,1-2H3,(H2,22,23,25);1H. The van der Waals surface area contributed by atoms with Crippen LogP contribution in [0.3, 0.4) is 0 Å². The Balaban J connectivity index is 0.00000320. The Hall–Kier alpha value is -1.07. The van der Waals surface area contributed by atoms with Crippen LogP contribution in [0, 0.1) is 12.8 Å². The Kier molecular flexibility index (Phi) is 10.2. The smallest absolute Gasteiger partial charge is 0.213 e. The number of anilines is 1. The molecule has 3 N–H and O–H groups in total. The van der Waals surface area contributed by atoms with E-state index in [-0.39, 0.29) is 35.8 Å². The normalized spacial score (nSPS) is 20.3. The van der Waals surface area contributed by atoms with Crippen molar-refractivity contribution in [2.45, 2.75) is 45.1 Å². The number of benzene rings is 1. The average molecular weight is 550 g/mol. The van der Waals surface area contributed by atoms with Crippen LogP contribution in [0.2, 0.25) is 0 Å². The molecule has 0 radical (unpaired) electrons. The van der Waals surface area contributed by atoms with Gasteiger partial charge < -0.3 is 15.5 Å². The van der Waals surface area contributed by atoms with Gasteiger partial charge in [0.25, 0.3) is 0 Å². The van der Waals surface area contributed by atoms with E-state index in [1.165, 1.54) is 17.7 Å². The maximum Gasteiger partial charge on any atom is 0.213 e. The highest BCUT2D eigenvalue weighted by Gasteiger charge is 2.22. The molecule has 1 aromatic carbocycles. The number of hydrogen-bond donors (Lipinski definition) is 3. The highest BCUT2D eigenvalue weighted by molar-refractivity contribution is 14.0. The van der Waals surface area contributed by atoms with E-state index in [0.29, 0.717) is 25.0 Å². The molecular weight excluding hydrogens is 513 g/mol. The molecule has 1 aromatic rings. The van der Waals surface area contributed by atoms with Crippen LogP contribution in [0.1, 0.15) is 37.7 Å². The van der Waals surface area contributed by atoms with Gasteiger partial charge in [-0.25, -0.2) is 13.1 Å². The lowest BCUT2D eigenvalue weighted by atomic mass is 9.86. The lowest BCUT2D eigenvalue weighted by Gasteiger charge is -2.35. The van der Waals surface area contributed by atoms with Crippen molar-refractivity contribution in [2.24, 2.45) is 10.9 Å². The molecule has 7 nitrogen and oxygen atoms in total. The van der Waals surface area contributed by atoms with Gasteiger partial charge in [0.15, 0.2) is 5.96 Å². The van der Waals surface area contributed by atoms with Crippen LogP contribution in [-0.2, 0) is 10.0 Å². The molecule has 1 aliphatic heterocycles. The number of halogens is 1. The van der Waals surface area contributed by atoms with Crippen molar-refractivity contribution in [3.63, 3.8) is 0 Å². The number of nitrogens with zero attached hydrogens (tertiary/aromatic N) is 2. The highest BCUT2D eigenvalue weighted by atomic mass is 127. The second kappa shape index (κ2) is 12.1. The second-order valence-electron chi connectivity index (χ2n) is 8.23. The quantitative estimate of drug-likeness (QED) is 0.264. The van der Waals surface area contributed by atoms with Gasteiger partial charge in [0.05, 0.1) is 5.75 Å². The first kappa shape index (κ1) is 25.2. The average Bonchev–Trinajstić information content (AvgIpc) is 2.66. The molecule has 1 saturated heterocycles. The zero-order valence-electron chi connectivity index (χ0n) is 18.1. The van der Waals surface area contributed by atoms with Crippen molar-refractivity contribution >= 4 is 45.6 Å². The molecule has 2 fully saturated rings. The first-order valence-electron chi connectivity index (χ1n) is 10.7.